The van der Waals surface area contributed by atoms with Crippen LogP contribution in [0.15, 0.2) is 78.9 Å². The average molecular weight is 487 g/mol. The summed E-state index contributed by atoms with van der Waals surface area (Å²) in [5.41, 5.74) is 4.87. The molecule has 0 aromatic heterocycles. The van der Waals surface area contributed by atoms with Gasteiger partial charge in [-0.2, -0.15) is 0 Å². The fraction of sp³-hybridized carbons (Fsp3) is 0.387. The number of methoxy groups -OCH3 is 1. The molecular weight excluding hydrogens is 448 g/mol. The maximum atomic E-state index is 13.2. The topological polar surface area (TPSA) is 42.0 Å². The van der Waals surface area contributed by atoms with Gasteiger partial charge in [0.1, 0.15) is 11.9 Å². The number of carbonyl (C=O) groups is 1. The minimum absolute atomic E-state index is 0.0864. The number of amides is 1. The van der Waals surface area contributed by atoms with Crippen LogP contribution in [0, 0.1) is 0 Å². The smallest absolute Gasteiger partial charge is 0.238 e. The molecule has 0 bridgehead atoms. The number of hydrogen-bond acceptors (Lipinski definition) is 4. The van der Waals surface area contributed by atoms with Crippen molar-refractivity contribution < 1.29 is 14.3 Å². The Morgan fingerprint density at radius 1 is 0.861 bits per heavy atom. The Balaban J connectivity index is 1.47. The van der Waals surface area contributed by atoms with Crippen LogP contribution in [0.25, 0.3) is 0 Å². The molecular formula is C31H38N2O3. The van der Waals surface area contributed by atoms with Gasteiger partial charge in [0.25, 0.3) is 0 Å². The number of nitrogens with zero attached hydrogens (tertiary/aromatic N) is 2. The van der Waals surface area contributed by atoms with Crippen LogP contribution in [0.5, 0.6) is 5.75 Å². The Hall–Kier alpha value is -3.15. The lowest BCUT2D eigenvalue weighted by Gasteiger charge is -2.31. The van der Waals surface area contributed by atoms with Crippen LogP contribution in [-0.2, 0) is 28.0 Å². The van der Waals surface area contributed by atoms with Gasteiger partial charge in [0.05, 0.1) is 26.9 Å². The van der Waals surface area contributed by atoms with Crippen molar-refractivity contribution in [3.63, 3.8) is 0 Å². The average Bonchev–Trinajstić information content (AvgIpc) is 3.20. The van der Waals surface area contributed by atoms with Gasteiger partial charge in [-0.05, 0) is 46.2 Å². The van der Waals surface area contributed by atoms with Gasteiger partial charge in [-0.15, -0.1) is 0 Å². The Bertz CT molecular complexity index is 1110. The van der Waals surface area contributed by atoms with Crippen molar-refractivity contribution in [2.45, 2.75) is 45.4 Å². The van der Waals surface area contributed by atoms with Crippen molar-refractivity contribution >= 4 is 5.91 Å². The molecule has 0 radical (unpaired) electrons. The summed E-state index contributed by atoms with van der Waals surface area (Å²) in [6.45, 7) is 9.58. The highest BCUT2D eigenvalue weighted by atomic mass is 16.5. The van der Waals surface area contributed by atoms with Crippen LogP contribution in [-0.4, -0.2) is 49.1 Å². The third-order valence-electron chi connectivity index (χ3n) is 6.81. The van der Waals surface area contributed by atoms with E-state index in [4.69, 9.17) is 9.47 Å². The van der Waals surface area contributed by atoms with Gasteiger partial charge in [0.2, 0.25) is 5.91 Å². The summed E-state index contributed by atoms with van der Waals surface area (Å²) in [5.74, 6) is 1.01. The van der Waals surface area contributed by atoms with Crippen molar-refractivity contribution in [1.29, 1.82) is 0 Å². The van der Waals surface area contributed by atoms with E-state index in [0.717, 1.165) is 23.3 Å². The van der Waals surface area contributed by atoms with E-state index in [9.17, 15) is 4.79 Å². The van der Waals surface area contributed by atoms with Crippen LogP contribution in [0.3, 0.4) is 0 Å². The molecule has 1 fully saturated rings. The molecule has 1 aliphatic rings. The highest BCUT2D eigenvalue weighted by Gasteiger charge is 2.38. The second kappa shape index (κ2) is 11.7. The van der Waals surface area contributed by atoms with E-state index < -0.39 is 0 Å². The predicted octanol–water partition coefficient (Wildman–Crippen LogP) is 5.60. The van der Waals surface area contributed by atoms with Crippen molar-refractivity contribution in [1.82, 2.24) is 9.80 Å². The molecule has 1 saturated heterocycles. The molecule has 0 spiro atoms. The lowest BCUT2D eigenvalue weighted by Crippen LogP contribution is -2.35. The Kier molecular flexibility index (Phi) is 8.44. The molecule has 3 aromatic rings. The Morgan fingerprint density at radius 2 is 1.56 bits per heavy atom. The van der Waals surface area contributed by atoms with Crippen molar-refractivity contribution in [2.75, 3.05) is 33.4 Å². The van der Waals surface area contributed by atoms with E-state index >= 15 is 0 Å². The summed E-state index contributed by atoms with van der Waals surface area (Å²) in [6, 6.07) is 27.0. The first kappa shape index (κ1) is 25.9. The normalized spacial score (nSPS) is 16.5. The van der Waals surface area contributed by atoms with Crippen LogP contribution >= 0.6 is 0 Å². The van der Waals surface area contributed by atoms with Crippen molar-refractivity contribution in [3.8, 4) is 5.75 Å². The molecule has 1 amide bonds. The zero-order valence-electron chi connectivity index (χ0n) is 21.9. The summed E-state index contributed by atoms with van der Waals surface area (Å²) >= 11 is 0. The highest BCUT2D eigenvalue weighted by molar-refractivity contribution is 5.81. The molecule has 5 nitrogen and oxygen atoms in total. The molecule has 190 valence electrons. The zero-order valence-corrected chi connectivity index (χ0v) is 21.9. The number of ether oxygens (including phenoxy) is 2. The molecule has 1 unspecified atom stereocenters. The molecule has 1 aliphatic heterocycles. The Morgan fingerprint density at radius 3 is 2.19 bits per heavy atom. The maximum Gasteiger partial charge on any atom is 0.238 e. The van der Waals surface area contributed by atoms with Gasteiger partial charge >= 0.3 is 0 Å². The molecule has 1 atom stereocenters. The quantitative estimate of drug-likeness (QED) is 0.350. The van der Waals surface area contributed by atoms with Gasteiger partial charge in [0, 0.05) is 13.1 Å². The molecule has 0 aliphatic carbocycles. The molecule has 36 heavy (non-hydrogen) atoms. The molecule has 0 N–H and O–H groups in total. The maximum absolute atomic E-state index is 13.2. The summed E-state index contributed by atoms with van der Waals surface area (Å²) in [4.78, 5) is 17.5. The first-order valence-electron chi connectivity index (χ1n) is 12.7. The van der Waals surface area contributed by atoms with E-state index in [2.05, 4.69) is 74.2 Å². The first-order chi connectivity index (χ1) is 17.3. The van der Waals surface area contributed by atoms with Crippen LogP contribution in [0.1, 0.15) is 49.2 Å². The predicted molar refractivity (Wildman–Crippen MR) is 144 cm³/mol. The number of hydrogen-bond donors (Lipinski definition) is 0. The lowest BCUT2D eigenvalue weighted by atomic mass is 9.86. The zero-order chi connectivity index (χ0) is 25.5. The van der Waals surface area contributed by atoms with E-state index in [1.807, 2.05) is 35.2 Å². The molecule has 1 heterocycles. The van der Waals surface area contributed by atoms with E-state index in [0.29, 0.717) is 32.8 Å². The number of benzene rings is 3. The van der Waals surface area contributed by atoms with E-state index in [1.54, 1.807) is 7.11 Å². The van der Waals surface area contributed by atoms with Gasteiger partial charge in [0.15, 0.2) is 0 Å². The number of rotatable bonds is 10. The third-order valence-corrected chi connectivity index (χ3v) is 6.81. The van der Waals surface area contributed by atoms with Gasteiger partial charge in [-0.3, -0.25) is 9.69 Å². The van der Waals surface area contributed by atoms with Crippen molar-refractivity contribution in [3.05, 3.63) is 101 Å². The Labute approximate surface area is 215 Å². The largest absolute Gasteiger partial charge is 0.497 e. The summed E-state index contributed by atoms with van der Waals surface area (Å²) in [6.07, 6.45) is 0.704. The molecule has 0 saturated carbocycles. The molecule has 5 heteroatoms. The van der Waals surface area contributed by atoms with Crippen LogP contribution in [0.4, 0.5) is 0 Å². The SMILES string of the molecule is COc1ccc(CCN2C(=O)CN(CCOCc3ccccc3)C2c2ccc(C(C)(C)C)cc2)cc1. The second-order valence-corrected chi connectivity index (χ2v) is 10.4. The fourth-order valence-corrected chi connectivity index (χ4v) is 4.67. The van der Waals surface area contributed by atoms with Crippen molar-refractivity contribution in [2.24, 2.45) is 0 Å². The first-order valence-corrected chi connectivity index (χ1v) is 12.7. The summed E-state index contributed by atoms with van der Waals surface area (Å²) in [7, 11) is 1.67. The second-order valence-electron chi connectivity index (χ2n) is 10.4. The van der Waals surface area contributed by atoms with Gasteiger partial charge < -0.3 is 14.4 Å². The highest BCUT2D eigenvalue weighted by Crippen LogP contribution is 2.32. The minimum Gasteiger partial charge on any atom is -0.497 e. The molecule has 4 rings (SSSR count). The monoisotopic (exact) mass is 486 g/mol. The summed E-state index contributed by atoms with van der Waals surface area (Å²) < 4.78 is 11.2. The van der Waals surface area contributed by atoms with Crippen LogP contribution < -0.4 is 4.74 Å². The van der Waals surface area contributed by atoms with E-state index in [1.165, 1.54) is 11.1 Å². The van der Waals surface area contributed by atoms with E-state index in [-0.39, 0.29) is 17.5 Å². The fourth-order valence-electron chi connectivity index (χ4n) is 4.67. The summed E-state index contributed by atoms with van der Waals surface area (Å²) in [5, 5.41) is 0. The number of carbonyl (C=O) groups excluding carboxylic acids is 1. The third kappa shape index (κ3) is 6.54. The minimum atomic E-state index is -0.0925. The molecule has 3 aromatic carbocycles. The van der Waals surface area contributed by atoms with Gasteiger partial charge in [-0.25, -0.2) is 0 Å². The standard InChI is InChI=1S/C31H38N2O3/c1-31(2,3)27-14-12-26(13-15-27)30-32(20-21-36-23-25-8-6-5-7-9-25)22-29(34)33(30)19-18-24-10-16-28(35-4)17-11-24/h5-17,30H,18-23H2,1-4H3. The lowest BCUT2D eigenvalue weighted by molar-refractivity contribution is -0.128. The van der Waals surface area contributed by atoms with Gasteiger partial charge in [-0.1, -0.05) is 87.5 Å². The van der Waals surface area contributed by atoms with Crippen LogP contribution in [0.2, 0.25) is 0 Å².